The fourth-order valence-electron chi connectivity index (χ4n) is 2.64. The minimum absolute atomic E-state index is 0.126. The summed E-state index contributed by atoms with van der Waals surface area (Å²) in [6.07, 6.45) is 1.46. The lowest BCUT2D eigenvalue weighted by Gasteiger charge is -2.08. The minimum Gasteiger partial charge on any atom is -0.497 e. The molecule has 0 aliphatic heterocycles. The first-order chi connectivity index (χ1) is 15.5. The Morgan fingerprint density at radius 3 is 2.16 bits per heavy atom. The van der Waals surface area contributed by atoms with Gasteiger partial charge in [-0.3, -0.25) is 9.59 Å². The normalized spacial score (nSPS) is 10.4. The van der Waals surface area contributed by atoms with Gasteiger partial charge < -0.3 is 14.2 Å². The second kappa shape index (κ2) is 10.5. The number of amides is 1. The van der Waals surface area contributed by atoms with E-state index in [1.165, 1.54) is 25.3 Å². The molecule has 8 heteroatoms. The van der Waals surface area contributed by atoms with E-state index in [1.54, 1.807) is 67.8 Å². The Morgan fingerprint density at radius 2 is 1.50 bits per heavy atom. The highest BCUT2D eigenvalue weighted by Gasteiger charge is 2.15. The molecular weight excluding hydrogens is 412 g/mol. The van der Waals surface area contributed by atoms with Gasteiger partial charge in [-0.25, -0.2) is 10.2 Å². The van der Waals surface area contributed by atoms with E-state index in [2.05, 4.69) is 10.5 Å². The number of ether oxygens (including phenoxy) is 3. The van der Waals surface area contributed by atoms with Crippen LogP contribution < -0.4 is 19.6 Å². The van der Waals surface area contributed by atoms with Crippen LogP contribution in [0.15, 0.2) is 77.9 Å². The van der Waals surface area contributed by atoms with Crippen LogP contribution in [0.1, 0.15) is 33.2 Å². The van der Waals surface area contributed by atoms with Crippen molar-refractivity contribution in [3.63, 3.8) is 0 Å². The maximum atomic E-state index is 12.4. The van der Waals surface area contributed by atoms with Gasteiger partial charge in [-0.15, -0.1) is 0 Å². The predicted octanol–water partition coefficient (Wildman–Crippen LogP) is 3.60. The molecule has 3 aromatic rings. The molecule has 162 valence electrons. The number of rotatable bonds is 7. The van der Waals surface area contributed by atoms with Crippen molar-refractivity contribution in [3.8, 4) is 17.2 Å². The molecule has 1 amide bonds. The summed E-state index contributed by atoms with van der Waals surface area (Å²) in [5.41, 5.74) is 3.70. The molecule has 0 aliphatic rings. The highest BCUT2D eigenvalue weighted by atomic mass is 16.5. The number of hydrogen-bond acceptors (Lipinski definition) is 7. The molecular formula is C24H20N2O6. The van der Waals surface area contributed by atoms with E-state index < -0.39 is 11.9 Å². The van der Waals surface area contributed by atoms with Crippen molar-refractivity contribution in [2.45, 2.75) is 6.92 Å². The molecule has 0 fully saturated rings. The molecule has 0 saturated carbocycles. The van der Waals surface area contributed by atoms with Gasteiger partial charge in [0, 0.05) is 12.5 Å². The monoisotopic (exact) mass is 432 g/mol. The Balaban J connectivity index is 1.58. The van der Waals surface area contributed by atoms with Gasteiger partial charge in [-0.1, -0.05) is 12.1 Å². The predicted molar refractivity (Wildman–Crippen MR) is 117 cm³/mol. The number of methoxy groups -OCH3 is 1. The number of carbonyl (C=O) groups excluding carboxylic acids is 3. The van der Waals surface area contributed by atoms with Crippen LogP contribution in [0.2, 0.25) is 0 Å². The van der Waals surface area contributed by atoms with Gasteiger partial charge in [0.2, 0.25) is 0 Å². The van der Waals surface area contributed by atoms with Crippen molar-refractivity contribution in [2.24, 2.45) is 5.10 Å². The maximum absolute atomic E-state index is 12.4. The van der Waals surface area contributed by atoms with Crippen LogP contribution in [-0.4, -0.2) is 31.2 Å². The maximum Gasteiger partial charge on any atom is 0.347 e. The Bertz CT molecular complexity index is 1140. The van der Waals surface area contributed by atoms with Crippen molar-refractivity contribution in [1.82, 2.24) is 5.43 Å². The van der Waals surface area contributed by atoms with E-state index >= 15 is 0 Å². The summed E-state index contributed by atoms with van der Waals surface area (Å²) in [7, 11) is 1.55. The van der Waals surface area contributed by atoms with Crippen molar-refractivity contribution >= 4 is 24.1 Å². The van der Waals surface area contributed by atoms with Gasteiger partial charge >= 0.3 is 11.9 Å². The highest BCUT2D eigenvalue weighted by molar-refractivity contribution is 5.95. The van der Waals surface area contributed by atoms with Crippen molar-refractivity contribution in [2.75, 3.05) is 7.11 Å². The van der Waals surface area contributed by atoms with Crippen LogP contribution in [0.5, 0.6) is 17.2 Å². The molecule has 0 bridgehead atoms. The fraction of sp³-hybridized carbons (Fsp3) is 0.0833. The zero-order chi connectivity index (χ0) is 22.9. The Kier molecular flexibility index (Phi) is 7.32. The molecule has 3 rings (SSSR count). The molecule has 32 heavy (non-hydrogen) atoms. The third kappa shape index (κ3) is 6.02. The van der Waals surface area contributed by atoms with Gasteiger partial charge in [0.25, 0.3) is 5.91 Å². The Hall–Kier alpha value is -4.46. The first-order valence-electron chi connectivity index (χ1n) is 9.53. The quantitative estimate of drug-likeness (QED) is 0.265. The first kappa shape index (κ1) is 22.2. The molecule has 0 aromatic heterocycles. The number of hydrogen-bond donors (Lipinski definition) is 1. The SMILES string of the molecule is COc1ccc(C(=O)NN=Cc2ccc(OC(=O)c3ccccc3OC(C)=O)cc2)cc1. The lowest BCUT2D eigenvalue weighted by molar-refractivity contribution is -0.131. The van der Waals surface area contributed by atoms with Crippen molar-refractivity contribution < 1.29 is 28.6 Å². The van der Waals surface area contributed by atoms with Gasteiger partial charge in [-0.2, -0.15) is 5.10 Å². The third-order valence-corrected chi connectivity index (χ3v) is 4.18. The van der Waals surface area contributed by atoms with Crippen LogP contribution in [0.25, 0.3) is 0 Å². The number of para-hydroxylation sites is 1. The zero-order valence-corrected chi connectivity index (χ0v) is 17.4. The van der Waals surface area contributed by atoms with Crippen molar-refractivity contribution in [3.05, 3.63) is 89.5 Å². The molecule has 0 aliphatic carbocycles. The second-order valence-corrected chi connectivity index (χ2v) is 6.48. The van der Waals surface area contributed by atoms with E-state index in [9.17, 15) is 14.4 Å². The topological polar surface area (TPSA) is 103 Å². The summed E-state index contributed by atoms with van der Waals surface area (Å²) in [5, 5.41) is 3.93. The van der Waals surface area contributed by atoms with E-state index in [-0.39, 0.29) is 17.2 Å². The number of benzene rings is 3. The highest BCUT2D eigenvalue weighted by Crippen LogP contribution is 2.21. The second-order valence-electron chi connectivity index (χ2n) is 6.48. The largest absolute Gasteiger partial charge is 0.497 e. The molecule has 3 aromatic carbocycles. The average Bonchev–Trinajstić information content (AvgIpc) is 2.80. The molecule has 1 N–H and O–H groups in total. The lowest BCUT2D eigenvalue weighted by atomic mass is 10.2. The van der Waals surface area contributed by atoms with E-state index in [0.717, 1.165) is 0 Å². The molecule has 0 atom stereocenters. The third-order valence-electron chi connectivity index (χ3n) is 4.18. The first-order valence-corrected chi connectivity index (χ1v) is 9.53. The zero-order valence-electron chi connectivity index (χ0n) is 17.4. The summed E-state index contributed by atoms with van der Waals surface area (Å²) in [5.74, 6) is -0.474. The Morgan fingerprint density at radius 1 is 0.844 bits per heavy atom. The molecule has 0 heterocycles. The molecule has 0 spiro atoms. The van der Waals surface area contributed by atoms with E-state index in [1.807, 2.05) is 0 Å². The standard InChI is InChI=1S/C24H20N2O6/c1-16(27)31-22-6-4-3-5-21(22)24(29)32-20-11-7-17(8-12-20)15-25-26-23(28)18-9-13-19(30-2)14-10-18/h3-15H,1-2H3,(H,26,28). The average molecular weight is 432 g/mol. The van der Waals surface area contributed by atoms with Gasteiger partial charge in [-0.05, 0) is 66.2 Å². The number of nitrogens with one attached hydrogen (secondary N) is 1. The molecule has 0 radical (unpaired) electrons. The number of hydrazone groups is 1. The van der Waals surface area contributed by atoms with Crippen LogP contribution in [0, 0.1) is 0 Å². The molecule has 0 saturated heterocycles. The van der Waals surface area contributed by atoms with Crippen LogP contribution in [0.4, 0.5) is 0 Å². The lowest BCUT2D eigenvalue weighted by Crippen LogP contribution is -2.17. The summed E-state index contributed by atoms with van der Waals surface area (Å²) in [4.78, 5) is 35.7. The number of carbonyl (C=O) groups is 3. The van der Waals surface area contributed by atoms with E-state index in [4.69, 9.17) is 14.2 Å². The van der Waals surface area contributed by atoms with Crippen LogP contribution in [-0.2, 0) is 4.79 Å². The van der Waals surface area contributed by atoms with Crippen molar-refractivity contribution in [1.29, 1.82) is 0 Å². The summed E-state index contributed by atoms with van der Waals surface area (Å²) >= 11 is 0. The summed E-state index contributed by atoms with van der Waals surface area (Å²) in [6, 6.07) is 19.4. The smallest absolute Gasteiger partial charge is 0.347 e. The molecule has 0 unspecified atom stereocenters. The van der Waals surface area contributed by atoms with E-state index in [0.29, 0.717) is 22.6 Å². The van der Waals surface area contributed by atoms with Gasteiger partial charge in [0.05, 0.1) is 13.3 Å². The summed E-state index contributed by atoms with van der Waals surface area (Å²) in [6.45, 7) is 1.25. The summed E-state index contributed by atoms with van der Waals surface area (Å²) < 4.78 is 15.4. The fourth-order valence-corrected chi connectivity index (χ4v) is 2.64. The van der Waals surface area contributed by atoms with Gasteiger partial charge in [0.15, 0.2) is 0 Å². The van der Waals surface area contributed by atoms with Crippen LogP contribution in [0.3, 0.4) is 0 Å². The minimum atomic E-state index is -0.657. The molecule has 8 nitrogen and oxygen atoms in total. The number of nitrogens with zero attached hydrogens (tertiary/aromatic N) is 1. The number of esters is 2. The Labute approximate surface area is 184 Å². The van der Waals surface area contributed by atoms with Crippen LogP contribution >= 0.6 is 0 Å². The van der Waals surface area contributed by atoms with Gasteiger partial charge in [0.1, 0.15) is 22.8 Å².